The summed E-state index contributed by atoms with van der Waals surface area (Å²) in [5, 5.41) is 10.7. The lowest BCUT2D eigenvalue weighted by Gasteiger charge is -2.50. The van der Waals surface area contributed by atoms with Gasteiger partial charge in [0.05, 0.1) is 17.5 Å². The number of hydrogen-bond acceptors (Lipinski definition) is 13. The van der Waals surface area contributed by atoms with Crippen LogP contribution < -0.4 is 21.5 Å². The zero-order valence-corrected chi connectivity index (χ0v) is 38.4. The standard InChI is InChI=1S/C48H54N8O8S2/c1-47(2)40(44(58)56(47)64-66(59,60)61)29-42(57)43(54-63-27-26-62-39-23-18-33-30-55(25-24-32(33)28-39)45(50)51-38-21-19-37(49)20-22-38)41-31-65-46(52-41)53-48(34-12-6-3-7-13-34,35-14-8-4-9-15-35)36-16-10-5-11-17-36/h3-18,23,28,31,37-38,40H,19-22,24-27,29-30,49H2,1-2H3,(H2,50,51)(H,52,53)(H,59,60,61)/b54-43-/t37?,38?,40-/m1/s1. The van der Waals surface area contributed by atoms with Crippen LogP contribution in [0.15, 0.2) is 125 Å². The van der Waals surface area contributed by atoms with E-state index in [9.17, 15) is 22.6 Å². The van der Waals surface area contributed by atoms with Crippen molar-refractivity contribution in [3.05, 3.63) is 148 Å². The average molecular weight is 935 g/mol. The number of guanidine groups is 1. The van der Waals surface area contributed by atoms with Gasteiger partial charge in [0.2, 0.25) is 0 Å². The molecule has 16 nitrogen and oxygen atoms in total. The second-order valence-corrected chi connectivity index (χ2v) is 19.1. The molecule has 66 heavy (non-hydrogen) atoms. The molecule has 2 aliphatic heterocycles. The lowest BCUT2D eigenvalue weighted by molar-refractivity contribution is -0.228. The first kappa shape index (κ1) is 46.4. The maximum Gasteiger partial charge on any atom is 0.418 e. The number of anilines is 1. The van der Waals surface area contributed by atoms with E-state index in [-0.39, 0.29) is 43.1 Å². The van der Waals surface area contributed by atoms with Crippen LogP contribution in [-0.4, -0.2) is 88.7 Å². The number of fused-ring (bicyclic) bond motifs is 1. The minimum atomic E-state index is -4.99. The van der Waals surface area contributed by atoms with E-state index in [1.54, 1.807) is 5.38 Å². The Morgan fingerprint density at radius 1 is 0.924 bits per heavy atom. The summed E-state index contributed by atoms with van der Waals surface area (Å²) in [6, 6.07) is 36.4. The quantitative estimate of drug-likeness (QED) is 0.0155. The molecule has 0 bridgehead atoms. The van der Waals surface area contributed by atoms with Gasteiger partial charge in [0.1, 0.15) is 23.6 Å². The van der Waals surface area contributed by atoms with Gasteiger partial charge in [-0.15, -0.1) is 15.6 Å². The first-order chi connectivity index (χ1) is 31.7. The van der Waals surface area contributed by atoms with Crippen LogP contribution in [0.3, 0.4) is 0 Å². The molecule has 4 aromatic carbocycles. The van der Waals surface area contributed by atoms with Crippen LogP contribution in [0.5, 0.6) is 5.75 Å². The number of carbonyl (C=O) groups excluding carboxylic acids is 2. The summed E-state index contributed by atoms with van der Waals surface area (Å²) in [6.45, 7) is 4.52. The number of Topliss-reactive ketones (excluding diaryl/α,β-unsaturated/α-hetero) is 1. The number of nitrogens with two attached hydrogens (primary N) is 2. The molecule has 1 saturated carbocycles. The molecule has 346 valence electrons. The Labute approximate surface area is 388 Å². The SMILES string of the molecule is CC1(C)[C@H](CC(=O)/C(=N\OCCOc2ccc3c(c2)CCN(C(N)=NC2CCC(N)CC2)C3)c2csc(NC(c3ccccc3)(c3ccccc3)c3ccccc3)n2)C(=O)N1OS(=O)(=O)O. The predicted octanol–water partition coefficient (Wildman–Crippen LogP) is 6.22. The molecule has 18 heteroatoms. The fourth-order valence-corrected chi connectivity index (χ4v) is 10.1. The van der Waals surface area contributed by atoms with Gasteiger partial charge < -0.3 is 31.3 Å². The second kappa shape index (κ2) is 19.7. The molecule has 3 heterocycles. The maximum atomic E-state index is 14.2. The lowest BCUT2D eigenvalue weighted by Crippen LogP contribution is -2.68. The van der Waals surface area contributed by atoms with Crippen molar-refractivity contribution in [2.75, 3.05) is 25.1 Å². The lowest BCUT2D eigenvalue weighted by atomic mass is 9.74. The third-order valence-corrected chi connectivity index (χ3v) is 13.6. The zero-order chi connectivity index (χ0) is 46.5. The highest BCUT2D eigenvalue weighted by atomic mass is 32.3. The maximum absolute atomic E-state index is 14.2. The molecular formula is C48H54N8O8S2. The molecule has 0 unspecified atom stereocenters. The Hall–Kier alpha value is -6.18. The topological polar surface area (TPSA) is 224 Å². The minimum Gasteiger partial charge on any atom is -0.490 e. The van der Waals surface area contributed by atoms with Crippen LogP contribution >= 0.6 is 11.3 Å². The van der Waals surface area contributed by atoms with E-state index in [1.165, 1.54) is 25.2 Å². The zero-order valence-electron chi connectivity index (χ0n) is 36.8. The number of aliphatic imine (C=N–C) groups is 1. The Morgan fingerprint density at radius 2 is 1.55 bits per heavy atom. The number of ether oxygens (including phenoxy) is 1. The molecule has 0 radical (unpaired) electrons. The Balaban J connectivity index is 0.998. The van der Waals surface area contributed by atoms with E-state index < -0.39 is 39.1 Å². The van der Waals surface area contributed by atoms with Crippen molar-refractivity contribution < 1.29 is 36.4 Å². The van der Waals surface area contributed by atoms with Crippen molar-refractivity contribution in [1.82, 2.24) is 14.9 Å². The Morgan fingerprint density at radius 3 is 2.14 bits per heavy atom. The van der Waals surface area contributed by atoms with Crippen molar-refractivity contribution in [1.29, 1.82) is 0 Å². The first-order valence-corrected chi connectivity index (χ1v) is 24.2. The van der Waals surface area contributed by atoms with Gasteiger partial charge >= 0.3 is 10.4 Å². The van der Waals surface area contributed by atoms with Crippen molar-refractivity contribution in [3.8, 4) is 5.75 Å². The van der Waals surface area contributed by atoms with E-state index in [4.69, 9.17) is 31.0 Å². The number of oxime groups is 1. The summed E-state index contributed by atoms with van der Waals surface area (Å²) >= 11 is 1.27. The fourth-order valence-electron chi connectivity index (χ4n) is 8.89. The minimum absolute atomic E-state index is 0.0289. The molecule has 1 saturated heterocycles. The molecular weight excluding hydrogens is 881 g/mol. The number of aromatic nitrogens is 1. The van der Waals surface area contributed by atoms with Gasteiger partial charge in [0, 0.05) is 30.9 Å². The third kappa shape index (κ3) is 10.3. The van der Waals surface area contributed by atoms with Crippen LogP contribution in [0.25, 0.3) is 0 Å². The first-order valence-electron chi connectivity index (χ1n) is 21.9. The normalized spacial score (nSPS) is 20.0. The van der Waals surface area contributed by atoms with Gasteiger partial charge in [-0.05, 0) is 85.9 Å². The number of benzene rings is 4. The van der Waals surface area contributed by atoms with Crippen LogP contribution in [0.4, 0.5) is 5.13 Å². The Bertz CT molecular complexity index is 2580. The highest BCUT2D eigenvalue weighted by Crippen LogP contribution is 2.42. The highest BCUT2D eigenvalue weighted by Gasteiger charge is 2.57. The number of β-lactam (4-membered cyclic amide) rings is 1. The largest absolute Gasteiger partial charge is 0.490 e. The van der Waals surface area contributed by atoms with E-state index in [1.807, 2.05) is 109 Å². The summed E-state index contributed by atoms with van der Waals surface area (Å²) < 4.78 is 42.8. The van der Waals surface area contributed by atoms with E-state index in [2.05, 4.69) is 19.7 Å². The van der Waals surface area contributed by atoms with Crippen LogP contribution in [-0.2, 0) is 47.6 Å². The average Bonchev–Trinajstić information content (AvgIpc) is 3.79. The molecule has 1 aliphatic carbocycles. The summed E-state index contributed by atoms with van der Waals surface area (Å²) in [5.41, 5.74) is 15.6. The van der Waals surface area contributed by atoms with Crippen LogP contribution in [0.1, 0.15) is 79.5 Å². The van der Waals surface area contributed by atoms with Crippen molar-refractivity contribution >= 4 is 50.2 Å². The number of ketones is 1. The molecule has 5 aromatic rings. The number of nitrogens with zero attached hydrogens (tertiary/aromatic N) is 5. The van der Waals surface area contributed by atoms with Crippen LogP contribution in [0.2, 0.25) is 0 Å². The van der Waals surface area contributed by atoms with Gasteiger partial charge in [0.25, 0.3) is 5.91 Å². The Kier molecular flexibility index (Phi) is 13.9. The fraction of sp³-hybridized carbons (Fsp3) is 0.354. The van der Waals surface area contributed by atoms with E-state index in [0.717, 1.165) is 66.5 Å². The predicted molar refractivity (Wildman–Crippen MR) is 252 cm³/mol. The number of hydroxylamine groups is 2. The molecule has 0 spiro atoms. The summed E-state index contributed by atoms with van der Waals surface area (Å²) in [5.74, 6) is -1.16. The third-order valence-electron chi connectivity index (χ3n) is 12.5. The number of nitrogens with one attached hydrogen (secondary N) is 1. The number of rotatable bonds is 17. The highest BCUT2D eigenvalue weighted by molar-refractivity contribution is 7.80. The summed E-state index contributed by atoms with van der Waals surface area (Å²) in [6.07, 6.45) is 4.25. The van der Waals surface area contributed by atoms with E-state index in [0.29, 0.717) is 28.4 Å². The molecule has 1 aromatic heterocycles. The monoisotopic (exact) mass is 934 g/mol. The summed E-state index contributed by atoms with van der Waals surface area (Å²) in [7, 11) is -4.99. The number of carbonyl (C=O) groups is 2. The van der Waals surface area contributed by atoms with Gasteiger partial charge in [-0.1, -0.05) is 102 Å². The number of amides is 1. The smallest absolute Gasteiger partial charge is 0.418 e. The van der Waals surface area contributed by atoms with Crippen molar-refractivity contribution in [2.45, 2.75) is 82.1 Å². The summed E-state index contributed by atoms with van der Waals surface area (Å²) in [4.78, 5) is 44.9. The van der Waals surface area contributed by atoms with Gasteiger partial charge in [-0.2, -0.15) is 13.5 Å². The van der Waals surface area contributed by atoms with Crippen molar-refractivity contribution in [2.24, 2.45) is 27.5 Å². The molecule has 8 rings (SSSR count). The molecule has 1 amide bonds. The molecule has 6 N–H and O–H groups in total. The second-order valence-electron chi connectivity index (χ2n) is 17.3. The molecule has 2 fully saturated rings. The van der Waals surface area contributed by atoms with Crippen molar-refractivity contribution in [3.63, 3.8) is 0 Å². The van der Waals surface area contributed by atoms with Gasteiger partial charge in [-0.25, -0.2) is 9.98 Å². The molecule has 3 aliphatic rings. The molecule has 1 atom stereocenters. The number of hydrogen-bond donors (Lipinski definition) is 4. The van der Waals surface area contributed by atoms with Gasteiger partial charge in [-0.3, -0.25) is 14.1 Å². The van der Waals surface area contributed by atoms with Crippen LogP contribution in [0, 0.1) is 5.92 Å². The van der Waals surface area contributed by atoms with E-state index >= 15 is 0 Å². The number of thiazole rings is 1. The van der Waals surface area contributed by atoms with Gasteiger partial charge in [0.15, 0.2) is 29.2 Å².